The highest BCUT2D eigenvalue weighted by molar-refractivity contribution is 5.75. The van der Waals surface area contributed by atoms with Gasteiger partial charge in [0, 0.05) is 37.1 Å². The smallest absolute Gasteiger partial charge is 0.136 e. The Morgan fingerprint density at radius 1 is 1.15 bits per heavy atom. The molecule has 4 aliphatic rings. The lowest BCUT2D eigenvalue weighted by Crippen LogP contribution is -2.52. The van der Waals surface area contributed by atoms with Crippen LogP contribution in [-0.2, 0) is 4.74 Å². The summed E-state index contributed by atoms with van der Waals surface area (Å²) in [6, 6.07) is 5.04. The SMILES string of the molecule is C1=CC2O[C@@]3(CCN4CCCCC4C3)CC2C=C1c1ccc2nccn2c1. The topological polar surface area (TPSA) is 29.8 Å². The minimum atomic E-state index is 0.110. The van der Waals surface area contributed by atoms with Crippen molar-refractivity contribution in [1.82, 2.24) is 14.3 Å². The average molecular weight is 361 g/mol. The lowest BCUT2D eigenvalue weighted by atomic mass is 9.78. The van der Waals surface area contributed by atoms with E-state index < -0.39 is 0 Å². The lowest BCUT2D eigenvalue weighted by molar-refractivity contribution is -0.0884. The quantitative estimate of drug-likeness (QED) is 0.767. The number of allylic oxidation sites excluding steroid dienone is 2. The molecule has 5 heterocycles. The summed E-state index contributed by atoms with van der Waals surface area (Å²) < 4.78 is 8.81. The van der Waals surface area contributed by atoms with E-state index in [4.69, 9.17) is 4.74 Å². The molecule has 3 saturated heterocycles. The Morgan fingerprint density at radius 2 is 2.15 bits per heavy atom. The van der Waals surface area contributed by atoms with Gasteiger partial charge in [-0.3, -0.25) is 0 Å². The first kappa shape index (κ1) is 16.1. The van der Waals surface area contributed by atoms with Gasteiger partial charge >= 0.3 is 0 Å². The molecule has 0 aromatic carbocycles. The zero-order valence-electron chi connectivity index (χ0n) is 15.8. The molecule has 3 fully saturated rings. The largest absolute Gasteiger partial charge is 0.367 e. The van der Waals surface area contributed by atoms with E-state index in [1.807, 2.05) is 12.4 Å². The van der Waals surface area contributed by atoms with E-state index in [1.165, 1.54) is 62.8 Å². The minimum Gasteiger partial charge on any atom is -0.367 e. The second-order valence-corrected chi connectivity index (χ2v) is 8.86. The van der Waals surface area contributed by atoms with Crippen LogP contribution in [0.1, 0.15) is 44.1 Å². The second-order valence-electron chi connectivity index (χ2n) is 8.86. The number of aromatic nitrogens is 2. The highest BCUT2D eigenvalue weighted by Gasteiger charge is 2.49. The van der Waals surface area contributed by atoms with Crippen molar-refractivity contribution >= 4 is 11.2 Å². The number of ether oxygens (including phenoxy) is 1. The van der Waals surface area contributed by atoms with Crippen molar-refractivity contribution in [2.24, 2.45) is 5.92 Å². The molecule has 4 atom stereocenters. The van der Waals surface area contributed by atoms with Crippen molar-refractivity contribution in [3.05, 3.63) is 54.5 Å². The summed E-state index contributed by atoms with van der Waals surface area (Å²) >= 11 is 0. The van der Waals surface area contributed by atoms with E-state index in [2.05, 4.69) is 50.8 Å². The van der Waals surface area contributed by atoms with Gasteiger partial charge in [0.05, 0.1) is 11.7 Å². The van der Waals surface area contributed by atoms with Crippen LogP contribution in [0.2, 0.25) is 0 Å². The third-order valence-electron chi connectivity index (χ3n) is 7.21. The number of hydrogen-bond acceptors (Lipinski definition) is 3. The predicted molar refractivity (Wildman–Crippen MR) is 106 cm³/mol. The van der Waals surface area contributed by atoms with E-state index in [0.29, 0.717) is 5.92 Å². The second kappa shape index (κ2) is 6.05. The zero-order chi connectivity index (χ0) is 17.8. The van der Waals surface area contributed by atoms with E-state index in [0.717, 1.165) is 11.7 Å². The van der Waals surface area contributed by atoms with E-state index in [-0.39, 0.29) is 11.7 Å². The highest BCUT2D eigenvalue weighted by atomic mass is 16.5. The van der Waals surface area contributed by atoms with Gasteiger partial charge in [-0.25, -0.2) is 4.98 Å². The molecule has 2 aromatic heterocycles. The fourth-order valence-corrected chi connectivity index (χ4v) is 5.83. The lowest BCUT2D eigenvalue weighted by Gasteiger charge is -2.47. The molecular formula is C23H27N3O. The average Bonchev–Trinajstić information content (AvgIpc) is 3.30. The number of hydrogen-bond donors (Lipinski definition) is 0. The molecule has 2 aromatic rings. The molecule has 1 spiro atoms. The van der Waals surface area contributed by atoms with Gasteiger partial charge in [0.25, 0.3) is 0 Å². The monoisotopic (exact) mass is 361 g/mol. The van der Waals surface area contributed by atoms with Crippen LogP contribution in [0.15, 0.2) is 49.0 Å². The first-order chi connectivity index (χ1) is 13.3. The maximum absolute atomic E-state index is 6.71. The van der Waals surface area contributed by atoms with Gasteiger partial charge in [0.1, 0.15) is 5.65 Å². The predicted octanol–water partition coefficient (Wildman–Crippen LogP) is 4.08. The Balaban J connectivity index is 1.25. The summed E-state index contributed by atoms with van der Waals surface area (Å²) in [5.74, 6) is 0.513. The summed E-state index contributed by atoms with van der Waals surface area (Å²) in [6.07, 6.45) is 21.1. The van der Waals surface area contributed by atoms with Crippen LogP contribution in [-0.4, -0.2) is 45.1 Å². The van der Waals surface area contributed by atoms with Crippen LogP contribution < -0.4 is 0 Å². The summed E-state index contributed by atoms with van der Waals surface area (Å²) in [5, 5.41) is 0. The van der Waals surface area contributed by atoms with Crippen LogP contribution in [0.4, 0.5) is 0 Å². The molecule has 1 aliphatic carbocycles. The first-order valence-electron chi connectivity index (χ1n) is 10.5. The molecule has 0 radical (unpaired) electrons. The molecule has 0 bridgehead atoms. The van der Waals surface area contributed by atoms with Crippen molar-refractivity contribution < 1.29 is 4.74 Å². The van der Waals surface area contributed by atoms with Gasteiger partial charge in [0.2, 0.25) is 0 Å². The van der Waals surface area contributed by atoms with Crippen LogP contribution >= 0.6 is 0 Å². The molecule has 3 aliphatic heterocycles. The van der Waals surface area contributed by atoms with Crippen molar-refractivity contribution in [1.29, 1.82) is 0 Å². The van der Waals surface area contributed by atoms with Crippen molar-refractivity contribution in [2.75, 3.05) is 13.1 Å². The number of nitrogens with zero attached hydrogens (tertiary/aromatic N) is 3. The van der Waals surface area contributed by atoms with E-state index >= 15 is 0 Å². The van der Waals surface area contributed by atoms with Gasteiger partial charge in [0.15, 0.2) is 0 Å². The molecule has 0 N–H and O–H groups in total. The summed E-state index contributed by atoms with van der Waals surface area (Å²) in [6.45, 7) is 2.52. The van der Waals surface area contributed by atoms with Crippen LogP contribution in [0, 0.1) is 5.92 Å². The Bertz CT molecular complexity index is 929. The third-order valence-corrected chi connectivity index (χ3v) is 7.21. The van der Waals surface area contributed by atoms with Gasteiger partial charge in [-0.1, -0.05) is 24.6 Å². The molecule has 3 unspecified atom stereocenters. The summed E-state index contributed by atoms with van der Waals surface area (Å²) in [5.41, 5.74) is 3.69. The maximum atomic E-state index is 6.71. The van der Waals surface area contributed by atoms with Gasteiger partial charge in [-0.05, 0) is 61.9 Å². The Labute approximate surface area is 160 Å². The standard InChI is InChI=1S/C23H27N3O/c1-2-10-25-11-8-23(15-20(25)3-1)14-19-13-17(4-6-21(19)27-23)18-5-7-22-24-9-12-26(22)16-18/h4-7,9,12-13,16,19-21H,1-3,8,10-11,14-15H2/t19?,20?,21?,23-/m0/s1. The Morgan fingerprint density at radius 3 is 3.15 bits per heavy atom. The fraction of sp³-hybridized carbons (Fsp3) is 0.522. The number of imidazole rings is 1. The molecule has 0 amide bonds. The normalized spacial score (nSPS) is 36.0. The first-order valence-corrected chi connectivity index (χ1v) is 10.5. The number of fused-ring (bicyclic) bond motifs is 3. The van der Waals surface area contributed by atoms with E-state index in [9.17, 15) is 0 Å². The minimum absolute atomic E-state index is 0.110. The zero-order valence-corrected chi connectivity index (χ0v) is 15.8. The number of pyridine rings is 1. The van der Waals surface area contributed by atoms with Crippen LogP contribution in [0.25, 0.3) is 11.2 Å². The van der Waals surface area contributed by atoms with Crippen molar-refractivity contribution in [3.63, 3.8) is 0 Å². The molecule has 27 heavy (non-hydrogen) atoms. The number of rotatable bonds is 1. The molecule has 6 rings (SSSR count). The molecule has 4 heteroatoms. The van der Waals surface area contributed by atoms with Gasteiger partial charge in [-0.15, -0.1) is 0 Å². The Hall–Kier alpha value is -1.91. The molecule has 0 saturated carbocycles. The molecule has 140 valence electrons. The van der Waals surface area contributed by atoms with Crippen molar-refractivity contribution in [2.45, 2.75) is 56.3 Å². The van der Waals surface area contributed by atoms with E-state index in [1.54, 1.807) is 0 Å². The molecular weight excluding hydrogens is 334 g/mol. The summed E-state index contributed by atoms with van der Waals surface area (Å²) in [4.78, 5) is 7.07. The van der Waals surface area contributed by atoms with Gasteiger partial charge < -0.3 is 14.0 Å². The molecule has 4 nitrogen and oxygen atoms in total. The Kier molecular flexibility index (Phi) is 3.60. The van der Waals surface area contributed by atoms with Crippen molar-refractivity contribution in [3.8, 4) is 0 Å². The summed E-state index contributed by atoms with van der Waals surface area (Å²) in [7, 11) is 0. The highest BCUT2D eigenvalue weighted by Crippen LogP contribution is 2.48. The number of piperidine rings is 2. The van der Waals surface area contributed by atoms with Gasteiger partial charge in [-0.2, -0.15) is 0 Å². The van der Waals surface area contributed by atoms with Crippen LogP contribution in [0.5, 0.6) is 0 Å². The third kappa shape index (κ3) is 2.69. The maximum Gasteiger partial charge on any atom is 0.136 e. The van der Waals surface area contributed by atoms with Crippen LogP contribution in [0.3, 0.4) is 0 Å². The fourth-order valence-electron chi connectivity index (χ4n) is 5.83.